The molecular weight excluding hydrogens is 362 g/mol. The number of benzene rings is 1. The van der Waals surface area contributed by atoms with E-state index in [1.807, 2.05) is 32.9 Å². The van der Waals surface area contributed by atoms with Crippen LogP contribution in [0.25, 0.3) is 0 Å². The lowest BCUT2D eigenvalue weighted by Crippen LogP contribution is -2.41. The van der Waals surface area contributed by atoms with Gasteiger partial charge in [0.25, 0.3) is 5.91 Å². The van der Waals surface area contributed by atoms with Crippen molar-refractivity contribution < 1.29 is 13.2 Å². The third-order valence-electron chi connectivity index (χ3n) is 4.75. The molecule has 1 unspecified atom stereocenters. The minimum atomic E-state index is -3.05. The number of nitrogens with zero attached hydrogens (tertiary/aromatic N) is 2. The fourth-order valence-corrected chi connectivity index (χ4v) is 5.32. The second kappa shape index (κ2) is 7.68. The van der Waals surface area contributed by atoms with Gasteiger partial charge in [-0.05, 0) is 56.5 Å². The molecule has 2 aromatic rings. The van der Waals surface area contributed by atoms with E-state index >= 15 is 0 Å². The Kier molecular flexibility index (Phi) is 5.51. The van der Waals surface area contributed by atoms with Gasteiger partial charge in [-0.3, -0.25) is 9.78 Å². The van der Waals surface area contributed by atoms with Crippen LogP contribution in [0.1, 0.15) is 34.8 Å². The maximum atomic E-state index is 13.0. The number of aromatic nitrogens is 1. The van der Waals surface area contributed by atoms with Gasteiger partial charge in [0.15, 0.2) is 9.84 Å². The Labute approximate surface area is 160 Å². The van der Waals surface area contributed by atoms with E-state index in [0.29, 0.717) is 18.5 Å². The molecule has 0 saturated carbocycles. The number of anilines is 2. The van der Waals surface area contributed by atoms with E-state index in [1.54, 1.807) is 17.2 Å². The molecule has 2 heterocycles. The lowest BCUT2D eigenvalue weighted by Gasteiger charge is -2.27. The fraction of sp³-hybridized carbons (Fsp3) is 0.400. The van der Waals surface area contributed by atoms with E-state index in [4.69, 9.17) is 0 Å². The van der Waals surface area contributed by atoms with Crippen LogP contribution in [-0.4, -0.2) is 48.3 Å². The first kappa shape index (κ1) is 19.4. The van der Waals surface area contributed by atoms with Crippen LogP contribution in [0.5, 0.6) is 0 Å². The molecule has 7 heteroatoms. The third kappa shape index (κ3) is 4.66. The van der Waals surface area contributed by atoms with Gasteiger partial charge in [0.05, 0.1) is 29.0 Å². The second-order valence-electron chi connectivity index (χ2n) is 7.11. The SMILES string of the molecule is CCN(C(=O)c1cncc(Nc2cc(C)cc(C)c2)c1)C1CCS(=O)(=O)C1. The minimum Gasteiger partial charge on any atom is -0.354 e. The zero-order valence-corrected chi connectivity index (χ0v) is 16.7. The molecule has 1 amide bonds. The largest absolute Gasteiger partial charge is 0.354 e. The van der Waals surface area contributed by atoms with Crippen molar-refractivity contribution in [3.8, 4) is 0 Å². The van der Waals surface area contributed by atoms with E-state index in [0.717, 1.165) is 22.5 Å². The smallest absolute Gasteiger partial charge is 0.255 e. The molecule has 1 aromatic heterocycles. The van der Waals surface area contributed by atoms with E-state index in [-0.39, 0.29) is 23.5 Å². The first-order chi connectivity index (χ1) is 12.8. The number of pyridine rings is 1. The van der Waals surface area contributed by atoms with E-state index in [9.17, 15) is 13.2 Å². The molecule has 0 spiro atoms. The number of carbonyl (C=O) groups is 1. The normalized spacial score (nSPS) is 18.3. The number of rotatable bonds is 5. The lowest BCUT2D eigenvalue weighted by atomic mass is 10.1. The quantitative estimate of drug-likeness (QED) is 0.853. The Morgan fingerprint density at radius 2 is 1.85 bits per heavy atom. The van der Waals surface area contributed by atoms with Crippen LogP contribution in [-0.2, 0) is 9.84 Å². The number of aryl methyl sites for hydroxylation is 2. The van der Waals surface area contributed by atoms with Gasteiger partial charge in [-0.1, -0.05) is 6.07 Å². The van der Waals surface area contributed by atoms with Gasteiger partial charge in [0.1, 0.15) is 0 Å². The van der Waals surface area contributed by atoms with Crippen LogP contribution in [0.3, 0.4) is 0 Å². The molecule has 1 saturated heterocycles. The summed E-state index contributed by atoms with van der Waals surface area (Å²) in [7, 11) is -3.05. The summed E-state index contributed by atoms with van der Waals surface area (Å²) in [6.07, 6.45) is 3.70. The molecular formula is C20H25N3O3S. The molecule has 0 radical (unpaired) electrons. The maximum Gasteiger partial charge on any atom is 0.255 e. The Hall–Kier alpha value is -2.41. The van der Waals surface area contributed by atoms with Crippen molar-refractivity contribution >= 4 is 27.1 Å². The molecule has 144 valence electrons. The van der Waals surface area contributed by atoms with Gasteiger partial charge in [0, 0.05) is 24.5 Å². The average molecular weight is 388 g/mol. The number of amides is 1. The Balaban J connectivity index is 1.80. The number of sulfone groups is 1. The molecule has 27 heavy (non-hydrogen) atoms. The van der Waals surface area contributed by atoms with Crippen LogP contribution in [0, 0.1) is 13.8 Å². The second-order valence-corrected chi connectivity index (χ2v) is 9.34. The molecule has 1 aliphatic rings. The molecule has 1 N–H and O–H groups in total. The number of nitrogens with one attached hydrogen (secondary N) is 1. The standard InChI is InChI=1S/C20H25N3O3S/c1-4-23(19-5-6-27(25,26)13-19)20(24)16-10-18(12-21-11-16)22-17-8-14(2)7-15(3)9-17/h7-12,19,22H,4-6,13H2,1-3H3. The highest BCUT2D eigenvalue weighted by molar-refractivity contribution is 7.91. The maximum absolute atomic E-state index is 13.0. The zero-order chi connectivity index (χ0) is 19.6. The molecule has 0 aliphatic carbocycles. The topological polar surface area (TPSA) is 79.4 Å². The van der Waals surface area contributed by atoms with E-state index < -0.39 is 9.84 Å². The van der Waals surface area contributed by atoms with Gasteiger partial charge < -0.3 is 10.2 Å². The first-order valence-corrected chi connectivity index (χ1v) is 10.9. The van der Waals surface area contributed by atoms with Crippen molar-refractivity contribution in [3.63, 3.8) is 0 Å². The Morgan fingerprint density at radius 3 is 2.44 bits per heavy atom. The predicted octanol–water partition coefficient (Wildman–Crippen LogP) is 3.09. The molecule has 3 rings (SSSR count). The van der Waals surface area contributed by atoms with Crippen molar-refractivity contribution in [1.29, 1.82) is 0 Å². The lowest BCUT2D eigenvalue weighted by molar-refractivity contribution is 0.0708. The minimum absolute atomic E-state index is 0.0422. The summed E-state index contributed by atoms with van der Waals surface area (Å²) in [5.41, 5.74) is 4.42. The first-order valence-electron chi connectivity index (χ1n) is 9.09. The van der Waals surface area contributed by atoms with Gasteiger partial charge >= 0.3 is 0 Å². The monoisotopic (exact) mass is 387 g/mol. The highest BCUT2D eigenvalue weighted by Crippen LogP contribution is 2.23. The fourth-order valence-electron chi connectivity index (χ4n) is 3.59. The summed E-state index contributed by atoms with van der Waals surface area (Å²) >= 11 is 0. The highest BCUT2D eigenvalue weighted by atomic mass is 32.2. The van der Waals surface area contributed by atoms with Crippen LogP contribution >= 0.6 is 0 Å². The van der Waals surface area contributed by atoms with Crippen molar-refractivity contribution in [1.82, 2.24) is 9.88 Å². The summed E-state index contributed by atoms with van der Waals surface area (Å²) in [5.74, 6) is 0.00491. The summed E-state index contributed by atoms with van der Waals surface area (Å²) in [6.45, 7) is 6.40. The van der Waals surface area contributed by atoms with Crippen molar-refractivity contribution in [3.05, 3.63) is 53.3 Å². The van der Waals surface area contributed by atoms with Crippen molar-refractivity contribution in [2.75, 3.05) is 23.4 Å². The molecule has 1 aromatic carbocycles. The van der Waals surface area contributed by atoms with Gasteiger partial charge in [-0.25, -0.2) is 8.42 Å². The molecule has 1 aliphatic heterocycles. The van der Waals surface area contributed by atoms with Crippen LogP contribution < -0.4 is 5.32 Å². The number of hydrogen-bond donors (Lipinski definition) is 1. The van der Waals surface area contributed by atoms with Crippen LogP contribution in [0.15, 0.2) is 36.7 Å². The highest BCUT2D eigenvalue weighted by Gasteiger charge is 2.34. The van der Waals surface area contributed by atoms with Crippen molar-refractivity contribution in [2.24, 2.45) is 0 Å². The van der Waals surface area contributed by atoms with Crippen molar-refractivity contribution in [2.45, 2.75) is 33.2 Å². The Bertz CT molecular complexity index is 936. The number of carbonyl (C=O) groups excluding carboxylic acids is 1. The van der Waals surface area contributed by atoms with Gasteiger partial charge in [0.2, 0.25) is 0 Å². The van der Waals surface area contributed by atoms with Gasteiger partial charge in [-0.2, -0.15) is 0 Å². The summed E-state index contributed by atoms with van der Waals surface area (Å²) < 4.78 is 23.5. The zero-order valence-electron chi connectivity index (χ0n) is 15.9. The van der Waals surface area contributed by atoms with Crippen LogP contribution in [0.4, 0.5) is 11.4 Å². The summed E-state index contributed by atoms with van der Waals surface area (Å²) in [6, 6.07) is 7.66. The van der Waals surface area contributed by atoms with E-state index in [2.05, 4.69) is 16.4 Å². The third-order valence-corrected chi connectivity index (χ3v) is 6.50. The van der Waals surface area contributed by atoms with Gasteiger partial charge in [-0.15, -0.1) is 0 Å². The molecule has 1 fully saturated rings. The molecule has 1 atom stereocenters. The number of hydrogen-bond acceptors (Lipinski definition) is 5. The van der Waals surface area contributed by atoms with E-state index in [1.165, 1.54) is 6.20 Å². The van der Waals surface area contributed by atoms with Crippen LogP contribution in [0.2, 0.25) is 0 Å². The summed E-state index contributed by atoms with van der Waals surface area (Å²) in [4.78, 5) is 18.8. The summed E-state index contributed by atoms with van der Waals surface area (Å²) in [5, 5.41) is 3.29. The Morgan fingerprint density at radius 1 is 1.15 bits per heavy atom. The molecule has 6 nitrogen and oxygen atoms in total. The predicted molar refractivity (Wildman–Crippen MR) is 107 cm³/mol. The average Bonchev–Trinajstić information content (AvgIpc) is 2.94. The molecule has 0 bridgehead atoms.